The molecule has 0 aromatic rings. The van der Waals surface area contributed by atoms with Crippen LogP contribution >= 0.6 is 11.8 Å². The second-order valence-corrected chi connectivity index (χ2v) is 5.56. The van der Waals surface area contributed by atoms with Crippen molar-refractivity contribution in [3.8, 4) is 0 Å². The third-order valence-electron chi connectivity index (χ3n) is 3.13. The van der Waals surface area contributed by atoms with Gasteiger partial charge in [0, 0.05) is 17.8 Å². The minimum Gasteiger partial charge on any atom is -0.354 e. The standard InChI is InChI=1S/C12H22N2OS/c1-3-8-13-9-11(15)14-10-12(16-2)6-4-5-7-12/h3,13H,1,4-10H2,2H3,(H,14,15). The van der Waals surface area contributed by atoms with E-state index in [0.717, 1.165) is 6.54 Å². The molecule has 1 rings (SSSR count). The monoisotopic (exact) mass is 242 g/mol. The summed E-state index contributed by atoms with van der Waals surface area (Å²) in [5.74, 6) is 0.0853. The molecular formula is C12H22N2OS. The van der Waals surface area contributed by atoms with Crippen LogP contribution < -0.4 is 10.6 Å². The van der Waals surface area contributed by atoms with E-state index < -0.39 is 0 Å². The highest BCUT2D eigenvalue weighted by Crippen LogP contribution is 2.39. The summed E-state index contributed by atoms with van der Waals surface area (Å²) < 4.78 is 0.300. The zero-order valence-corrected chi connectivity index (χ0v) is 10.9. The van der Waals surface area contributed by atoms with Crippen molar-refractivity contribution < 1.29 is 4.79 Å². The molecule has 0 bridgehead atoms. The van der Waals surface area contributed by atoms with Gasteiger partial charge in [0.25, 0.3) is 0 Å². The fourth-order valence-electron chi connectivity index (χ4n) is 2.08. The lowest BCUT2D eigenvalue weighted by Crippen LogP contribution is -2.42. The van der Waals surface area contributed by atoms with Crippen molar-refractivity contribution >= 4 is 17.7 Å². The van der Waals surface area contributed by atoms with Crippen molar-refractivity contribution in [2.75, 3.05) is 25.9 Å². The van der Waals surface area contributed by atoms with Gasteiger partial charge in [0.1, 0.15) is 0 Å². The normalized spacial score (nSPS) is 18.3. The molecule has 0 heterocycles. The van der Waals surface area contributed by atoms with Crippen LogP contribution in [-0.2, 0) is 4.79 Å². The lowest BCUT2D eigenvalue weighted by molar-refractivity contribution is -0.120. The molecular weight excluding hydrogens is 220 g/mol. The summed E-state index contributed by atoms with van der Waals surface area (Å²) in [7, 11) is 0. The average molecular weight is 242 g/mol. The topological polar surface area (TPSA) is 41.1 Å². The third-order valence-corrected chi connectivity index (χ3v) is 4.55. The number of carbonyl (C=O) groups is 1. The van der Waals surface area contributed by atoms with Gasteiger partial charge in [-0.15, -0.1) is 6.58 Å². The van der Waals surface area contributed by atoms with E-state index in [1.54, 1.807) is 6.08 Å². The van der Waals surface area contributed by atoms with Crippen LogP contribution in [0.5, 0.6) is 0 Å². The Labute approximate surface area is 102 Å². The Balaban J connectivity index is 2.21. The number of rotatable bonds is 7. The predicted molar refractivity (Wildman–Crippen MR) is 70.8 cm³/mol. The average Bonchev–Trinajstić information content (AvgIpc) is 2.76. The van der Waals surface area contributed by atoms with Crippen LogP contribution in [0.2, 0.25) is 0 Å². The lowest BCUT2D eigenvalue weighted by Gasteiger charge is -2.26. The van der Waals surface area contributed by atoms with E-state index in [-0.39, 0.29) is 5.91 Å². The molecule has 92 valence electrons. The first-order valence-corrected chi connectivity index (χ1v) is 7.08. The number of hydrogen-bond acceptors (Lipinski definition) is 3. The minimum absolute atomic E-state index is 0.0853. The van der Waals surface area contributed by atoms with Crippen LogP contribution in [0.4, 0.5) is 0 Å². The Bertz CT molecular complexity index is 237. The van der Waals surface area contributed by atoms with E-state index >= 15 is 0 Å². The Morgan fingerprint density at radius 1 is 1.50 bits per heavy atom. The molecule has 0 aromatic heterocycles. The zero-order chi connectivity index (χ0) is 11.9. The molecule has 4 heteroatoms. The van der Waals surface area contributed by atoms with Crippen LogP contribution in [0, 0.1) is 0 Å². The molecule has 1 aliphatic rings. The molecule has 1 fully saturated rings. The van der Waals surface area contributed by atoms with Crippen molar-refractivity contribution in [1.82, 2.24) is 10.6 Å². The molecule has 0 unspecified atom stereocenters. The summed E-state index contributed by atoms with van der Waals surface area (Å²) in [6.07, 6.45) is 8.96. The predicted octanol–water partition coefficient (Wildman–Crippen LogP) is 1.55. The quantitative estimate of drug-likeness (QED) is 0.526. The minimum atomic E-state index is 0.0853. The number of carbonyl (C=O) groups excluding carboxylic acids is 1. The number of amides is 1. The highest BCUT2D eigenvalue weighted by molar-refractivity contribution is 8.00. The van der Waals surface area contributed by atoms with Gasteiger partial charge in [-0.2, -0.15) is 11.8 Å². The summed E-state index contributed by atoms with van der Waals surface area (Å²) in [6.45, 7) is 5.47. The number of nitrogens with one attached hydrogen (secondary N) is 2. The summed E-state index contributed by atoms with van der Waals surface area (Å²) in [5.41, 5.74) is 0. The van der Waals surface area contributed by atoms with Crippen LogP contribution in [0.25, 0.3) is 0 Å². The van der Waals surface area contributed by atoms with Gasteiger partial charge in [-0.1, -0.05) is 18.9 Å². The molecule has 1 amide bonds. The smallest absolute Gasteiger partial charge is 0.234 e. The molecule has 0 aromatic carbocycles. The van der Waals surface area contributed by atoms with Gasteiger partial charge >= 0.3 is 0 Å². The Hall–Kier alpha value is -0.480. The van der Waals surface area contributed by atoms with Gasteiger partial charge in [0.15, 0.2) is 0 Å². The van der Waals surface area contributed by atoms with Crippen LogP contribution in [-0.4, -0.2) is 36.5 Å². The maximum Gasteiger partial charge on any atom is 0.234 e. The van der Waals surface area contributed by atoms with Crippen molar-refractivity contribution in [1.29, 1.82) is 0 Å². The van der Waals surface area contributed by atoms with Gasteiger partial charge < -0.3 is 10.6 Å². The molecule has 0 atom stereocenters. The van der Waals surface area contributed by atoms with E-state index in [4.69, 9.17) is 0 Å². The Kier molecular flexibility index (Phi) is 5.91. The lowest BCUT2D eigenvalue weighted by atomic mass is 10.1. The Morgan fingerprint density at radius 2 is 2.19 bits per heavy atom. The first-order chi connectivity index (χ1) is 7.72. The first kappa shape index (κ1) is 13.6. The zero-order valence-electron chi connectivity index (χ0n) is 10.1. The van der Waals surface area contributed by atoms with Crippen LogP contribution in [0.1, 0.15) is 25.7 Å². The molecule has 1 aliphatic carbocycles. The first-order valence-electron chi connectivity index (χ1n) is 5.86. The molecule has 16 heavy (non-hydrogen) atoms. The fourth-order valence-corrected chi connectivity index (χ4v) is 3.00. The summed E-state index contributed by atoms with van der Waals surface area (Å²) in [4.78, 5) is 11.5. The van der Waals surface area contributed by atoms with Crippen LogP contribution in [0.15, 0.2) is 12.7 Å². The summed E-state index contributed by atoms with van der Waals surface area (Å²) in [6, 6.07) is 0. The van der Waals surface area contributed by atoms with E-state index in [0.29, 0.717) is 17.8 Å². The highest BCUT2D eigenvalue weighted by atomic mass is 32.2. The van der Waals surface area contributed by atoms with Gasteiger partial charge in [-0.05, 0) is 19.1 Å². The molecule has 0 saturated heterocycles. The van der Waals surface area contributed by atoms with Gasteiger partial charge in [0.05, 0.1) is 6.54 Å². The molecule has 1 saturated carbocycles. The third kappa shape index (κ3) is 4.18. The van der Waals surface area contributed by atoms with E-state index in [1.807, 2.05) is 11.8 Å². The maximum atomic E-state index is 11.5. The SMILES string of the molecule is C=CCNCC(=O)NCC1(SC)CCCC1. The van der Waals surface area contributed by atoms with E-state index in [2.05, 4.69) is 23.5 Å². The van der Waals surface area contributed by atoms with Gasteiger partial charge in [-0.25, -0.2) is 0 Å². The largest absolute Gasteiger partial charge is 0.354 e. The fraction of sp³-hybridized carbons (Fsp3) is 0.750. The Morgan fingerprint density at radius 3 is 2.75 bits per heavy atom. The molecule has 2 N–H and O–H groups in total. The van der Waals surface area contributed by atoms with Crippen molar-refractivity contribution in [3.05, 3.63) is 12.7 Å². The number of hydrogen-bond donors (Lipinski definition) is 2. The molecule has 0 spiro atoms. The second-order valence-electron chi connectivity index (χ2n) is 4.29. The molecule has 0 aliphatic heterocycles. The van der Waals surface area contributed by atoms with Crippen molar-refractivity contribution in [3.63, 3.8) is 0 Å². The van der Waals surface area contributed by atoms with Crippen molar-refractivity contribution in [2.45, 2.75) is 30.4 Å². The van der Waals surface area contributed by atoms with Crippen LogP contribution in [0.3, 0.4) is 0 Å². The van der Waals surface area contributed by atoms with E-state index in [9.17, 15) is 4.79 Å². The second kappa shape index (κ2) is 6.97. The maximum absolute atomic E-state index is 11.5. The summed E-state index contributed by atoms with van der Waals surface area (Å²) >= 11 is 1.90. The molecule has 3 nitrogen and oxygen atoms in total. The molecule has 0 radical (unpaired) electrons. The number of thioether (sulfide) groups is 1. The van der Waals surface area contributed by atoms with Crippen molar-refractivity contribution in [2.24, 2.45) is 0 Å². The van der Waals surface area contributed by atoms with Gasteiger partial charge in [-0.3, -0.25) is 4.79 Å². The summed E-state index contributed by atoms with van der Waals surface area (Å²) in [5, 5.41) is 6.02. The van der Waals surface area contributed by atoms with E-state index in [1.165, 1.54) is 25.7 Å². The highest BCUT2D eigenvalue weighted by Gasteiger charge is 2.32. The van der Waals surface area contributed by atoms with Gasteiger partial charge in [0.2, 0.25) is 5.91 Å².